The molecular weight excluding hydrogens is 240 g/mol. The smallest absolute Gasteiger partial charge is 0.265 e. The van der Waals surface area contributed by atoms with E-state index in [4.69, 9.17) is 4.74 Å². The fourth-order valence-electron chi connectivity index (χ4n) is 2.82. The molecule has 0 aromatic heterocycles. The van der Waals surface area contributed by atoms with Gasteiger partial charge < -0.3 is 14.5 Å². The van der Waals surface area contributed by atoms with Crippen molar-refractivity contribution in [1.82, 2.24) is 4.90 Å². The van der Waals surface area contributed by atoms with Crippen molar-refractivity contribution in [2.45, 2.75) is 19.3 Å². The molecule has 0 spiro atoms. The maximum Gasteiger partial charge on any atom is 0.265 e. The SMILES string of the molecule is O=C1COc2ccccc2N1CCN1CCCCC1. The Kier molecular flexibility index (Phi) is 3.69. The molecule has 4 heteroatoms. The molecule has 0 unspecified atom stereocenters. The lowest BCUT2D eigenvalue weighted by Crippen LogP contribution is -2.44. The second kappa shape index (κ2) is 5.61. The molecule has 0 bridgehead atoms. The number of para-hydroxylation sites is 2. The fraction of sp³-hybridized carbons (Fsp3) is 0.533. The third-order valence-electron chi connectivity index (χ3n) is 3.90. The Morgan fingerprint density at radius 3 is 2.68 bits per heavy atom. The Balaban J connectivity index is 1.67. The van der Waals surface area contributed by atoms with Gasteiger partial charge >= 0.3 is 0 Å². The normalized spacial score (nSPS) is 20.0. The third-order valence-corrected chi connectivity index (χ3v) is 3.90. The van der Waals surface area contributed by atoms with E-state index in [0.717, 1.165) is 24.5 Å². The Hall–Kier alpha value is -1.55. The number of benzene rings is 1. The second-order valence-corrected chi connectivity index (χ2v) is 5.20. The summed E-state index contributed by atoms with van der Waals surface area (Å²) in [6.07, 6.45) is 3.91. The van der Waals surface area contributed by atoms with Gasteiger partial charge in [-0.25, -0.2) is 0 Å². The first-order valence-corrected chi connectivity index (χ1v) is 7.09. The molecule has 0 saturated carbocycles. The number of hydrogen-bond donors (Lipinski definition) is 0. The van der Waals surface area contributed by atoms with Gasteiger partial charge in [-0.2, -0.15) is 0 Å². The zero-order chi connectivity index (χ0) is 13.1. The molecule has 2 aliphatic rings. The fourth-order valence-corrected chi connectivity index (χ4v) is 2.82. The van der Waals surface area contributed by atoms with E-state index in [1.165, 1.54) is 32.4 Å². The summed E-state index contributed by atoms with van der Waals surface area (Å²) >= 11 is 0. The van der Waals surface area contributed by atoms with Gasteiger partial charge in [0.05, 0.1) is 5.69 Å². The Morgan fingerprint density at radius 1 is 1.05 bits per heavy atom. The molecule has 4 nitrogen and oxygen atoms in total. The van der Waals surface area contributed by atoms with Gasteiger partial charge in [0.1, 0.15) is 5.75 Å². The number of rotatable bonds is 3. The highest BCUT2D eigenvalue weighted by Crippen LogP contribution is 2.31. The highest BCUT2D eigenvalue weighted by Gasteiger charge is 2.25. The van der Waals surface area contributed by atoms with E-state index >= 15 is 0 Å². The van der Waals surface area contributed by atoms with Crippen molar-refractivity contribution in [3.63, 3.8) is 0 Å². The number of hydrogen-bond acceptors (Lipinski definition) is 3. The minimum absolute atomic E-state index is 0.0655. The molecular formula is C15H20N2O2. The number of nitrogens with zero attached hydrogens (tertiary/aromatic N) is 2. The van der Waals surface area contributed by atoms with Gasteiger partial charge in [-0.15, -0.1) is 0 Å². The van der Waals surface area contributed by atoms with Crippen LogP contribution in [0.1, 0.15) is 19.3 Å². The molecule has 0 radical (unpaired) electrons. The van der Waals surface area contributed by atoms with Gasteiger partial charge in [0.15, 0.2) is 6.61 Å². The number of carbonyl (C=O) groups excluding carboxylic acids is 1. The number of fused-ring (bicyclic) bond motifs is 1. The van der Waals surface area contributed by atoms with Crippen LogP contribution in [0.4, 0.5) is 5.69 Å². The first-order chi connectivity index (χ1) is 9.34. The molecule has 3 rings (SSSR count). The zero-order valence-electron chi connectivity index (χ0n) is 11.2. The lowest BCUT2D eigenvalue weighted by molar-refractivity contribution is -0.121. The molecule has 1 amide bonds. The van der Waals surface area contributed by atoms with Gasteiger partial charge in [0, 0.05) is 13.1 Å². The summed E-state index contributed by atoms with van der Waals surface area (Å²) in [5.74, 6) is 0.886. The Bertz CT molecular complexity index is 455. The van der Waals surface area contributed by atoms with E-state index in [1.807, 2.05) is 29.2 Å². The highest BCUT2D eigenvalue weighted by atomic mass is 16.5. The van der Waals surface area contributed by atoms with Crippen molar-refractivity contribution >= 4 is 11.6 Å². The van der Waals surface area contributed by atoms with Crippen LogP contribution in [0.25, 0.3) is 0 Å². The van der Waals surface area contributed by atoms with E-state index in [-0.39, 0.29) is 12.5 Å². The van der Waals surface area contributed by atoms with Crippen molar-refractivity contribution in [1.29, 1.82) is 0 Å². The number of likely N-dealkylation sites (tertiary alicyclic amines) is 1. The van der Waals surface area contributed by atoms with E-state index < -0.39 is 0 Å². The zero-order valence-corrected chi connectivity index (χ0v) is 11.2. The van der Waals surface area contributed by atoms with Crippen LogP contribution in [0.3, 0.4) is 0 Å². The van der Waals surface area contributed by atoms with E-state index in [0.29, 0.717) is 0 Å². The van der Waals surface area contributed by atoms with E-state index in [1.54, 1.807) is 0 Å². The maximum atomic E-state index is 12.0. The van der Waals surface area contributed by atoms with Gasteiger partial charge in [-0.3, -0.25) is 4.79 Å². The molecule has 2 heterocycles. The molecule has 1 saturated heterocycles. The predicted molar refractivity (Wildman–Crippen MR) is 74.6 cm³/mol. The summed E-state index contributed by atoms with van der Waals surface area (Å²) in [5.41, 5.74) is 0.913. The Morgan fingerprint density at radius 2 is 1.84 bits per heavy atom. The lowest BCUT2D eigenvalue weighted by atomic mass is 10.1. The molecule has 2 aliphatic heterocycles. The summed E-state index contributed by atoms with van der Waals surface area (Å²) in [4.78, 5) is 16.3. The van der Waals surface area contributed by atoms with Crippen LogP contribution in [0, 0.1) is 0 Å². The van der Waals surface area contributed by atoms with Crippen LogP contribution in [0.15, 0.2) is 24.3 Å². The summed E-state index contributed by atoms with van der Waals surface area (Å²) in [6, 6.07) is 7.78. The molecule has 0 aliphatic carbocycles. The molecule has 1 fully saturated rings. The number of carbonyl (C=O) groups is 1. The number of piperidine rings is 1. The van der Waals surface area contributed by atoms with Gasteiger partial charge in [-0.1, -0.05) is 18.6 Å². The van der Waals surface area contributed by atoms with E-state index in [9.17, 15) is 4.79 Å². The standard InChI is InChI=1S/C15H20N2O2/c18-15-12-19-14-7-3-2-6-13(14)17(15)11-10-16-8-4-1-5-9-16/h2-3,6-7H,1,4-5,8-12H2. The molecule has 0 atom stereocenters. The number of anilines is 1. The van der Waals surface area contributed by atoms with Crippen molar-refractivity contribution in [2.24, 2.45) is 0 Å². The second-order valence-electron chi connectivity index (χ2n) is 5.20. The third kappa shape index (κ3) is 2.73. The summed E-state index contributed by atoms with van der Waals surface area (Å²) in [5, 5.41) is 0. The molecule has 102 valence electrons. The largest absolute Gasteiger partial charge is 0.482 e. The summed E-state index contributed by atoms with van der Waals surface area (Å²) in [6.45, 7) is 4.22. The molecule has 19 heavy (non-hydrogen) atoms. The average molecular weight is 260 g/mol. The van der Waals surface area contributed by atoms with Crippen LogP contribution >= 0.6 is 0 Å². The summed E-state index contributed by atoms with van der Waals surface area (Å²) in [7, 11) is 0. The molecule has 1 aromatic rings. The van der Waals surface area contributed by atoms with Crippen LogP contribution in [-0.2, 0) is 4.79 Å². The van der Waals surface area contributed by atoms with Crippen molar-refractivity contribution in [3.05, 3.63) is 24.3 Å². The topological polar surface area (TPSA) is 32.8 Å². The lowest BCUT2D eigenvalue weighted by Gasteiger charge is -2.32. The van der Waals surface area contributed by atoms with Gasteiger partial charge in [0.25, 0.3) is 5.91 Å². The number of amides is 1. The van der Waals surface area contributed by atoms with Crippen molar-refractivity contribution in [3.8, 4) is 5.75 Å². The number of ether oxygens (including phenoxy) is 1. The van der Waals surface area contributed by atoms with Crippen molar-refractivity contribution < 1.29 is 9.53 Å². The van der Waals surface area contributed by atoms with Gasteiger partial charge in [0.2, 0.25) is 0 Å². The monoisotopic (exact) mass is 260 g/mol. The first kappa shape index (κ1) is 12.5. The minimum Gasteiger partial charge on any atom is -0.482 e. The van der Waals surface area contributed by atoms with E-state index in [2.05, 4.69) is 4.90 Å². The molecule has 0 N–H and O–H groups in total. The Labute approximate surface area is 113 Å². The van der Waals surface area contributed by atoms with Crippen LogP contribution < -0.4 is 9.64 Å². The van der Waals surface area contributed by atoms with Crippen LogP contribution in [-0.4, -0.2) is 43.6 Å². The first-order valence-electron chi connectivity index (χ1n) is 7.09. The summed E-state index contributed by atoms with van der Waals surface area (Å²) < 4.78 is 5.45. The van der Waals surface area contributed by atoms with Gasteiger partial charge in [-0.05, 0) is 38.1 Å². The van der Waals surface area contributed by atoms with Crippen molar-refractivity contribution in [2.75, 3.05) is 37.7 Å². The molecule has 1 aromatic carbocycles. The maximum absolute atomic E-state index is 12.0. The average Bonchev–Trinajstić information content (AvgIpc) is 2.47. The predicted octanol–water partition coefficient (Wildman–Crippen LogP) is 1.90. The minimum atomic E-state index is 0.0655. The van der Waals surface area contributed by atoms with Crippen LogP contribution in [0.5, 0.6) is 5.75 Å². The van der Waals surface area contributed by atoms with Crippen LogP contribution in [0.2, 0.25) is 0 Å². The quantitative estimate of drug-likeness (QED) is 0.832. The highest BCUT2D eigenvalue weighted by molar-refractivity contribution is 5.97.